The van der Waals surface area contributed by atoms with E-state index in [1.54, 1.807) is 6.92 Å². The van der Waals surface area contributed by atoms with E-state index in [2.05, 4.69) is 22.8 Å². The number of amides is 2. The van der Waals surface area contributed by atoms with Gasteiger partial charge in [-0.2, -0.15) is 0 Å². The molecule has 1 atom stereocenters. The number of hydrogen-bond acceptors (Lipinski definition) is 4. The van der Waals surface area contributed by atoms with Crippen molar-refractivity contribution in [2.45, 2.75) is 12.8 Å². The van der Waals surface area contributed by atoms with Gasteiger partial charge in [-0.1, -0.05) is 67.1 Å². The van der Waals surface area contributed by atoms with Crippen LogP contribution < -0.4 is 10.6 Å². The highest BCUT2D eigenvalue weighted by Gasteiger charge is 2.29. The Labute approximate surface area is 201 Å². The quantitative estimate of drug-likeness (QED) is 0.435. The number of anilines is 1. The smallest absolute Gasteiger partial charge is 0.407 e. The van der Waals surface area contributed by atoms with Crippen molar-refractivity contribution in [1.82, 2.24) is 5.32 Å². The lowest BCUT2D eigenvalue weighted by Gasteiger charge is -2.16. The van der Waals surface area contributed by atoms with Gasteiger partial charge in [-0.15, -0.1) is 0 Å². The molecule has 0 bridgehead atoms. The molecule has 1 unspecified atom stereocenters. The zero-order chi connectivity index (χ0) is 24.2. The first-order valence-corrected chi connectivity index (χ1v) is 11.2. The maximum absolute atomic E-state index is 12.5. The Bertz CT molecular complexity index is 1210. The third-order valence-corrected chi connectivity index (χ3v) is 6.05. The third kappa shape index (κ3) is 4.89. The predicted octanol–water partition coefficient (Wildman–Crippen LogP) is 5.15. The largest absolute Gasteiger partial charge is 0.478 e. The molecule has 0 heterocycles. The van der Waals surface area contributed by atoms with Gasteiger partial charge >= 0.3 is 12.1 Å². The molecule has 0 radical (unpaired) electrons. The normalized spacial score (nSPS) is 12.9. The third-order valence-electron chi connectivity index (χ3n) is 5.81. The summed E-state index contributed by atoms with van der Waals surface area (Å²) >= 11 is 5.84. The van der Waals surface area contributed by atoms with Crippen LogP contribution in [0.25, 0.3) is 11.1 Å². The monoisotopic (exact) mass is 478 g/mol. The molecule has 0 aromatic heterocycles. The van der Waals surface area contributed by atoms with Crippen molar-refractivity contribution in [3.8, 4) is 11.1 Å². The lowest BCUT2D eigenvalue weighted by molar-refractivity contribution is -0.119. The minimum absolute atomic E-state index is 0.0263. The van der Waals surface area contributed by atoms with Crippen molar-refractivity contribution in [3.63, 3.8) is 0 Å². The number of nitrogens with one attached hydrogen (secondary N) is 2. The summed E-state index contributed by atoms with van der Waals surface area (Å²) in [6, 6.07) is 20.3. The molecule has 3 N–H and O–H groups in total. The number of rotatable bonds is 7. The van der Waals surface area contributed by atoms with Gasteiger partial charge in [0.25, 0.3) is 0 Å². The van der Waals surface area contributed by atoms with Gasteiger partial charge in [-0.3, -0.25) is 4.79 Å². The lowest BCUT2D eigenvalue weighted by Crippen LogP contribution is -2.35. The molecule has 1 aliphatic carbocycles. The highest BCUT2D eigenvalue weighted by atomic mass is 35.5. The van der Waals surface area contributed by atoms with Gasteiger partial charge in [0.2, 0.25) is 5.91 Å². The lowest BCUT2D eigenvalue weighted by atomic mass is 9.98. The molecule has 2 amide bonds. The number of alkyl carbamates (subject to hydrolysis) is 1. The molecule has 3 aromatic rings. The molecule has 4 rings (SSSR count). The van der Waals surface area contributed by atoms with Gasteiger partial charge in [0.15, 0.2) is 0 Å². The van der Waals surface area contributed by atoms with Gasteiger partial charge in [0.1, 0.15) is 6.61 Å². The van der Waals surface area contributed by atoms with Crippen molar-refractivity contribution in [3.05, 3.63) is 88.4 Å². The van der Waals surface area contributed by atoms with Crippen LogP contribution in [0.2, 0.25) is 5.02 Å². The van der Waals surface area contributed by atoms with Crippen molar-refractivity contribution >= 4 is 35.3 Å². The van der Waals surface area contributed by atoms with Crippen LogP contribution in [0.5, 0.6) is 0 Å². The summed E-state index contributed by atoms with van der Waals surface area (Å²) in [7, 11) is 0. The van der Waals surface area contributed by atoms with Crippen molar-refractivity contribution < 1.29 is 24.2 Å². The van der Waals surface area contributed by atoms with Crippen LogP contribution in [0.3, 0.4) is 0 Å². The van der Waals surface area contributed by atoms with Gasteiger partial charge in [0, 0.05) is 17.5 Å². The molecule has 1 aliphatic rings. The summed E-state index contributed by atoms with van der Waals surface area (Å²) in [6.07, 6.45) is -0.626. The highest BCUT2D eigenvalue weighted by Crippen LogP contribution is 2.44. The molecular weight excluding hydrogens is 456 g/mol. The number of benzene rings is 3. The van der Waals surface area contributed by atoms with E-state index in [9.17, 15) is 19.5 Å². The second kappa shape index (κ2) is 9.97. The number of carboxylic acid groups (broad SMARTS) is 1. The number of ether oxygens (including phenoxy) is 1. The Morgan fingerprint density at radius 2 is 1.62 bits per heavy atom. The van der Waals surface area contributed by atoms with Crippen LogP contribution in [0, 0.1) is 5.92 Å². The summed E-state index contributed by atoms with van der Waals surface area (Å²) in [6.45, 7) is 1.82. The van der Waals surface area contributed by atoms with Crippen molar-refractivity contribution in [2.24, 2.45) is 5.92 Å². The molecular formula is C26H23ClN2O5. The average molecular weight is 479 g/mol. The summed E-state index contributed by atoms with van der Waals surface area (Å²) in [4.78, 5) is 36.2. The minimum atomic E-state index is -1.21. The summed E-state index contributed by atoms with van der Waals surface area (Å²) in [5.74, 6) is -2.33. The van der Waals surface area contributed by atoms with Gasteiger partial charge in [-0.25, -0.2) is 9.59 Å². The van der Waals surface area contributed by atoms with Gasteiger partial charge in [-0.05, 0) is 40.5 Å². The van der Waals surface area contributed by atoms with Crippen LogP contribution in [0.1, 0.15) is 34.3 Å². The summed E-state index contributed by atoms with van der Waals surface area (Å²) < 4.78 is 5.48. The van der Waals surface area contributed by atoms with Crippen molar-refractivity contribution in [2.75, 3.05) is 18.5 Å². The van der Waals surface area contributed by atoms with E-state index in [0.717, 1.165) is 22.3 Å². The topological polar surface area (TPSA) is 105 Å². The van der Waals surface area contributed by atoms with E-state index in [0.29, 0.717) is 0 Å². The standard InChI is InChI=1S/C26H23ClN2O5/c1-15(24(30)29-23-11-10-16(27)12-21(23)25(31)32)13-28-26(33)34-14-22-19-8-4-2-6-17(19)18-7-3-5-9-20(18)22/h2-12,15,22H,13-14H2,1H3,(H,28,33)(H,29,30)(H,31,32). The Hall–Kier alpha value is -3.84. The van der Waals surface area contributed by atoms with Crippen LogP contribution in [-0.2, 0) is 9.53 Å². The number of carbonyl (C=O) groups excluding carboxylic acids is 2. The first-order chi connectivity index (χ1) is 16.3. The number of fused-ring (bicyclic) bond motifs is 3. The zero-order valence-electron chi connectivity index (χ0n) is 18.4. The highest BCUT2D eigenvalue weighted by molar-refractivity contribution is 6.31. The number of carboxylic acids is 1. The summed E-state index contributed by atoms with van der Waals surface area (Å²) in [5.41, 5.74) is 4.52. The van der Waals surface area contributed by atoms with E-state index in [1.807, 2.05) is 36.4 Å². The predicted molar refractivity (Wildman–Crippen MR) is 129 cm³/mol. The SMILES string of the molecule is CC(CNC(=O)OCC1c2ccccc2-c2ccccc21)C(=O)Nc1ccc(Cl)cc1C(=O)O. The molecule has 34 heavy (non-hydrogen) atoms. The average Bonchev–Trinajstić information content (AvgIpc) is 3.15. The molecule has 0 saturated heterocycles. The van der Waals surface area contributed by atoms with E-state index in [-0.39, 0.29) is 35.3 Å². The number of carbonyl (C=O) groups is 3. The van der Waals surface area contributed by atoms with E-state index < -0.39 is 23.9 Å². The molecule has 0 aliphatic heterocycles. The van der Waals surface area contributed by atoms with Gasteiger partial charge in [0.05, 0.1) is 17.2 Å². The Morgan fingerprint density at radius 1 is 1.00 bits per heavy atom. The first kappa shape index (κ1) is 23.3. The molecule has 3 aromatic carbocycles. The molecule has 0 spiro atoms. The maximum Gasteiger partial charge on any atom is 0.407 e. The van der Waals surface area contributed by atoms with Crippen LogP contribution in [0.15, 0.2) is 66.7 Å². The molecule has 8 heteroatoms. The Kier molecular flexibility index (Phi) is 6.84. The molecule has 174 valence electrons. The fourth-order valence-electron chi connectivity index (χ4n) is 4.04. The fraction of sp³-hybridized carbons (Fsp3) is 0.192. The van der Waals surface area contributed by atoms with E-state index in [1.165, 1.54) is 18.2 Å². The zero-order valence-corrected chi connectivity index (χ0v) is 19.1. The number of aromatic carboxylic acids is 1. The van der Waals surface area contributed by atoms with Gasteiger partial charge < -0.3 is 20.5 Å². The van der Waals surface area contributed by atoms with Crippen molar-refractivity contribution in [1.29, 1.82) is 0 Å². The first-order valence-electron chi connectivity index (χ1n) is 10.8. The second-order valence-corrected chi connectivity index (χ2v) is 8.53. The minimum Gasteiger partial charge on any atom is -0.478 e. The molecule has 0 saturated carbocycles. The summed E-state index contributed by atoms with van der Waals surface area (Å²) in [5, 5.41) is 14.7. The van der Waals surface area contributed by atoms with E-state index >= 15 is 0 Å². The second-order valence-electron chi connectivity index (χ2n) is 8.09. The Balaban J connectivity index is 1.32. The molecule has 7 nitrogen and oxygen atoms in total. The maximum atomic E-state index is 12.5. The van der Waals surface area contributed by atoms with Crippen LogP contribution >= 0.6 is 11.6 Å². The fourth-order valence-corrected chi connectivity index (χ4v) is 4.21. The van der Waals surface area contributed by atoms with Crippen LogP contribution in [-0.4, -0.2) is 36.2 Å². The number of hydrogen-bond donors (Lipinski definition) is 3. The van der Waals surface area contributed by atoms with Crippen LogP contribution in [0.4, 0.5) is 10.5 Å². The van der Waals surface area contributed by atoms with E-state index in [4.69, 9.17) is 16.3 Å². The molecule has 0 fully saturated rings. The number of halogens is 1. The Morgan fingerprint density at radius 3 is 2.24 bits per heavy atom.